The zero-order chi connectivity index (χ0) is 29.9. The summed E-state index contributed by atoms with van der Waals surface area (Å²) in [6.45, 7) is 9.77. The summed E-state index contributed by atoms with van der Waals surface area (Å²) in [6.07, 6.45) is 10.6. The molecule has 5 aliphatic rings. The van der Waals surface area contributed by atoms with Gasteiger partial charge in [-0.3, -0.25) is 9.69 Å². The smallest absolute Gasteiger partial charge is 0.317 e. The standard InChI is InChI=1S/C33H50N4O5/c1-33(2)25-12-11-23(27(33)21-25)22-37(31(38)24-19-28(40-3)30(42-5)29(20-24)41-4)18-15-35-13-16-36(17-14-35)32(39)34-26-9-7-6-8-10-26/h11,19-20,25-27H,6-10,12-18,21-22H2,1-5H3,(H,34,39). The normalized spacial score (nSPS) is 23.8. The lowest BCUT2D eigenvalue weighted by Crippen LogP contribution is -2.55. The maximum atomic E-state index is 14.1. The van der Waals surface area contributed by atoms with Gasteiger partial charge in [0.2, 0.25) is 5.75 Å². The zero-order valence-electron chi connectivity index (χ0n) is 26.2. The minimum Gasteiger partial charge on any atom is -0.493 e. The van der Waals surface area contributed by atoms with Crippen LogP contribution in [0.5, 0.6) is 17.2 Å². The van der Waals surface area contributed by atoms with Gasteiger partial charge in [-0.25, -0.2) is 4.79 Å². The van der Waals surface area contributed by atoms with Crippen LogP contribution < -0.4 is 19.5 Å². The van der Waals surface area contributed by atoms with Crippen molar-refractivity contribution in [1.82, 2.24) is 20.0 Å². The topological polar surface area (TPSA) is 83.6 Å². The minimum absolute atomic E-state index is 0.0418. The highest BCUT2D eigenvalue weighted by Crippen LogP contribution is 2.59. The fraction of sp³-hybridized carbons (Fsp3) is 0.697. The highest BCUT2D eigenvalue weighted by molar-refractivity contribution is 5.96. The molecule has 0 aromatic heterocycles. The Morgan fingerprint density at radius 2 is 1.64 bits per heavy atom. The molecular weight excluding hydrogens is 532 g/mol. The number of fused-ring (bicyclic) bond motifs is 1. The maximum absolute atomic E-state index is 14.1. The van der Waals surface area contributed by atoms with Gasteiger partial charge in [0, 0.05) is 57.4 Å². The number of urea groups is 1. The molecule has 2 saturated carbocycles. The number of amides is 3. The van der Waals surface area contributed by atoms with Gasteiger partial charge in [-0.15, -0.1) is 0 Å². The summed E-state index contributed by atoms with van der Waals surface area (Å²) in [6, 6.07) is 3.90. The molecule has 0 radical (unpaired) electrons. The van der Waals surface area contributed by atoms with E-state index in [0.717, 1.165) is 44.8 Å². The molecule has 1 aliphatic heterocycles. The lowest BCUT2D eigenvalue weighted by molar-refractivity contribution is -0.0105. The first-order chi connectivity index (χ1) is 20.2. The molecule has 1 aromatic carbocycles. The predicted octanol–water partition coefficient (Wildman–Crippen LogP) is 4.81. The summed E-state index contributed by atoms with van der Waals surface area (Å²) in [5.41, 5.74) is 2.20. The Balaban J connectivity index is 1.25. The molecule has 6 rings (SSSR count). The molecule has 1 N–H and O–H groups in total. The van der Waals surface area contributed by atoms with Crippen molar-refractivity contribution >= 4 is 11.9 Å². The van der Waals surface area contributed by atoms with Crippen LogP contribution in [0.2, 0.25) is 0 Å². The number of nitrogens with zero attached hydrogens (tertiary/aromatic N) is 3. The fourth-order valence-electron chi connectivity index (χ4n) is 7.47. The first-order valence-corrected chi connectivity index (χ1v) is 15.8. The molecule has 4 aliphatic carbocycles. The van der Waals surface area contributed by atoms with Crippen LogP contribution in [0, 0.1) is 17.3 Å². The van der Waals surface area contributed by atoms with Crippen molar-refractivity contribution in [2.75, 3.05) is 67.1 Å². The van der Waals surface area contributed by atoms with Crippen LogP contribution in [-0.2, 0) is 0 Å². The number of ether oxygens (including phenoxy) is 3. The van der Waals surface area contributed by atoms with E-state index in [0.29, 0.717) is 66.4 Å². The molecule has 3 amide bonds. The number of methoxy groups -OCH3 is 3. The van der Waals surface area contributed by atoms with E-state index in [1.54, 1.807) is 33.5 Å². The van der Waals surface area contributed by atoms with Gasteiger partial charge < -0.3 is 29.3 Å². The molecule has 2 bridgehead atoms. The second-order valence-corrected chi connectivity index (χ2v) is 13.1. The van der Waals surface area contributed by atoms with Gasteiger partial charge in [-0.2, -0.15) is 0 Å². The highest BCUT2D eigenvalue weighted by Gasteiger charge is 2.51. The zero-order valence-corrected chi connectivity index (χ0v) is 26.2. The average molecular weight is 583 g/mol. The lowest BCUT2D eigenvalue weighted by Gasteiger charge is -2.57. The van der Waals surface area contributed by atoms with Crippen molar-refractivity contribution in [3.63, 3.8) is 0 Å². The Morgan fingerprint density at radius 3 is 2.21 bits per heavy atom. The first kappa shape index (κ1) is 30.5. The number of piperazine rings is 1. The SMILES string of the molecule is COc1cc(C(=O)N(CCN2CCN(C(=O)NC3CCCCC3)CC2)CC2=CCC3CC2C3(C)C)cc(OC)c1OC. The van der Waals surface area contributed by atoms with E-state index in [-0.39, 0.29) is 11.9 Å². The van der Waals surface area contributed by atoms with E-state index >= 15 is 0 Å². The Kier molecular flexibility index (Phi) is 9.55. The van der Waals surface area contributed by atoms with Crippen molar-refractivity contribution in [3.05, 3.63) is 29.3 Å². The summed E-state index contributed by atoms with van der Waals surface area (Å²) in [7, 11) is 4.71. The van der Waals surface area contributed by atoms with Gasteiger partial charge in [0.15, 0.2) is 11.5 Å². The number of rotatable bonds is 10. The van der Waals surface area contributed by atoms with Crippen molar-refractivity contribution in [2.45, 2.75) is 64.8 Å². The van der Waals surface area contributed by atoms with Gasteiger partial charge in [-0.05, 0) is 55.1 Å². The second kappa shape index (κ2) is 13.1. The van der Waals surface area contributed by atoms with Crippen molar-refractivity contribution in [3.8, 4) is 17.2 Å². The highest BCUT2D eigenvalue weighted by atomic mass is 16.5. The summed E-state index contributed by atoms with van der Waals surface area (Å²) in [5.74, 6) is 2.66. The van der Waals surface area contributed by atoms with Crippen LogP contribution in [0.15, 0.2) is 23.8 Å². The third-order valence-electron chi connectivity index (χ3n) is 10.4. The molecule has 1 aromatic rings. The third-order valence-corrected chi connectivity index (χ3v) is 10.4. The van der Waals surface area contributed by atoms with Crippen LogP contribution >= 0.6 is 0 Å². The van der Waals surface area contributed by atoms with Crippen LogP contribution in [-0.4, -0.2) is 99.8 Å². The summed E-state index contributed by atoms with van der Waals surface area (Å²) in [5, 5.41) is 3.25. The molecule has 232 valence electrons. The van der Waals surface area contributed by atoms with Crippen molar-refractivity contribution < 1.29 is 23.8 Å². The third kappa shape index (κ3) is 6.36. The quantitative estimate of drug-likeness (QED) is 0.399. The summed E-state index contributed by atoms with van der Waals surface area (Å²) in [4.78, 5) is 33.3. The Labute approximate surface area is 251 Å². The predicted molar refractivity (Wildman–Crippen MR) is 163 cm³/mol. The van der Waals surface area contributed by atoms with Crippen LogP contribution in [0.4, 0.5) is 4.79 Å². The Morgan fingerprint density at radius 1 is 0.976 bits per heavy atom. The first-order valence-electron chi connectivity index (χ1n) is 15.8. The van der Waals surface area contributed by atoms with E-state index in [4.69, 9.17) is 14.2 Å². The average Bonchev–Trinajstić information content (AvgIpc) is 3.02. The monoisotopic (exact) mass is 582 g/mol. The van der Waals surface area contributed by atoms with Crippen LogP contribution in [0.1, 0.15) is 69.2 Å². The van der Waals surface area contributed by atoms with Gasteiger partial charge >= 0.3 is 6.03 Å². The molecule has 2 atom stereocenters. The molecule has 42 heavy (non-hydrogen) atoms. The number of allylic oxidation sites excluding steroid dienone is 1. The Hall–Kier alpha value is -2.94. The number of nitrogens with one attached hydrogen (secondary N) is 1. The summed E-state index contributed by atoms with van der Waals surface area (Å²) < 4.78 is 16.6. The largest absolute Gasteiger partial charge is 0.493 e. The maximum Gasteiger partial charge on any atom is 0.317 e. The van der Waals surface area contributed by atoms with E-state index in [1.807, 2.05) is 9.80 Å². The molecular formula is C33H50N4O5. The molecule has 9 heteroatoms. The molecule has 2 unspecified atom stereocenters. The van der Waals surface area contributed by atoms with E-state index < -0.39 is 0 Å². The van der Waals surface area contributed by atoms with Crippen molar-refractivity contribution in [2.24, 2.45) is 17.3 Å². The van der Waals surface area contributed by atoms with Gasteiger partial charge in [0.05, 0.1) is 21.3 Å². The van der Waals surface area contributed by atoms with Gasteiger partial charge in [0.25, 0.3) is 5.91 Å². The number of carbonyl (C=O) groups is 2. The molecule has 9 nitrogen and oxygen atoms in total. The number of hydrogen-bond acceptors (Lipinski definition) is 6. The van der Waals surface area contributed by atoms with E-state index in [9.17, 15) is 9.59 Å². The molecule has 3 fully saturated rings. The Bertz CT molecular complexity index is 1130. The van der Waals surface area contributed by atoms with Gasteiger partial charge in [0.1, 0.15) is 0 Å². The van der Waals surface area contributed by atoms with E-state index in [2.05, 4.69) is 30.1 Å². The van der Waals surface area contributed by atoms with Crippen molar-refractivity contribution in [1.29, 1.82) is 0 Å². The van der Waals surface area contributed by atoms with Gasteiger partial charge in [-0.1, -0.05) is 44.8 Å². The summed E-state index contributed by atoms with van der Waals surface area (Å²) >= 11 is 0. The molecule has 1 heterocycles. The molecule has 1 saturated heterocycles. The van der Waals surface area contributed by atoms with Crippen LogP contribution in [0.3, 0.4) is 0 Å². The lowest BCUT2D eigenvalue weighted by atomic mass is 9.49. The fourth-order valence-corrected chi connectivity index (χ4v) is 7.47. The van der Waals surface area contributed by atoms with E-state index in [1.165, 1.54) is 31.3 Å². The second-order valence-electron chi connectivity index (χ2n) is 13.1. The number of carbonyl (C=O) groups excluding carboxylic acids is 2. The number of hydrogen-bond donors (Lipinski definition) is 1. The minimum atomic E-state index is -0.0418. The van der Waals surface area contributed by atoms with Crippen LogP contribution in [0.25, 0.3) is 0 Å². The number of benzene rings is 1. The molecule has 0 spiro atoms.